The minimum atomic E-state index is -0.809. The highest BCUT2D eigenvalue weighted by Gasteiger charge is 2.40. The van der Waals surface area contributed by atoms with Crippen molar-refractivity contribution in [1.82, 2.24) is 0 Å². The number of nitrogens with zero attached hydrogens (tertiary/aromatic N) is 1. The van der Waals surface area contributed by atoms with Gasteiger partial charge < -0.3 is 14.6 Å². The average molecular weight is 357 g/mol. The molecule has 0 unspecified atom stereocenters. The fourth-order valence-electron chi connectivity index (χ4n) is 3.31. The van der Waals surface area contributed by atoms with Crippen LogP contribution < -0.4 is 9.47 Å². The van der Waals surface area contributed by atoms with E-state index in [4.69, 9.17) is 9.47 Å². The number of nitro groups is 1. The van der Waals surface area contributed by atoms with Gasteiger partial charge in [-0.1, -0.05) is 30.3 Å². The molecule has 3 rings (SSSR count). The van der Waals surface area contributed by atoms with E-state index in [1.54, 1.807) is 19.9 Å². The fraction of sp³-hybridized carbons (Fsp3) is 0.400. The third-order valence-corrected chi connectivity index (χ3v) is 4.88. The van der Waals surface area contributed by atoms with Crippen LogP contribution in [0.1, 0.15) is 30.5 Å². The molecular formula is C20H23NO5. The minimum absolute atomic E-state index is 0.0608. The van der Waals surface area contributed by atoms with Gasteiger partial charge in [-0.3, -0.25) is 10.1 Å². The highest BCUT2D eigenvalue weighted by molar-refractivity contribution is 5.63. The van der Waals surface area contributed by atoms with E-state index in [9.17, 15) is 15.2 Å². The molecule has 0 aliphatic carbocycles. The number of fused-ring (bicyclic) bond motifs is 1. The van der Waals surface area contributed by atoms with Gasteiger partial charge in [-0.15, -0.1) is 0 Å². The fourth-order valence-corrected chi connectivity index (χ4v) is 3.31. The highest BCUT2D eigenvalue weighted by Crippen LogP contribution is 2.45. The average Bonchev–Trinajstić information content (AvgIpc) is 2.60. The normalized spacial score (nSPS) is 17.9. The summed E-state index contributed by atoms with van der Waals surface area (Å²) < 4.78 is 11.3. The lowest BCUT2D eigenvalue weighted by Gasteiger charge is -2.38. The van der Waals surface area contributed by atoms with Crippen molar-refractivity contribution >= 4 is 5.69 Å². The van der Waals surface area contributed by atoms with Crippen molar-refractivity contribution in [2.45, 2.75) is 44.8 Å². The van der Waals surface area contributed by atoms with Crippen molar-refractivity contribution in [3.8, 4) is 11.5 Å². The molecule has 1 atom stereocenters. The van der Waals surface area contributed by atoms with Crippen molar-refractivity contribution in [3.05, 3.63) is 63.2 Å². The second kappa shape index (κ2) is 6.96. The van der Waals surface area contributed by atoms with E-state index in [-0.39, 0.29) is 11.4 Å². The van der Waals surface area contributed by atoms with Crippen LogP contribution in [0.25, 0.3) is 0 Å². The smallest absolute Gasteiger partial charge is 0.317 e. The zero-order chi connectivity index (χ0) is 18.9. The number of methoxy groups -OCH3 is 1. The molecule has 0 saturated heterocycles. The van der Waals surface area contributed by atoms with Crippen molar-refractivity contribution in [2.75, 3.05) is 7.11 Å². The number of hydrogen-bond donors (Lipinski definition) is 1. The topological polar surface area (TPSA) is 81.8 Å². The lowest BCUT2D eigenvalue weighted by Crippen LogP contribution is -2.46. The van der Waals surface area contributed by atoms with Gasteiger partial charge in [0.15, 0.2) is 5.75 Å². The first-order valence-electron chi connectivity index (χ1n) is 8.61. The maximum atomic E-state index is 11.7. The van der Waals surface area contributed by atoms with Crippen LogP contribution in [0.2, 0.25) is 0 Å². The summed E-state index contributed by atoms with van der Waals surface area (Å²) >= 11 is 0. The Bertz CT molecular complexity index is 817. The molecule has 6 heteroatoms. The van der Waals surface area contributed by atoms with Gasteiger partial charge in [0.05, 0.1) is 23.7 Å². The molecule has 0 amide bonds. The first-order valence-corrected chi connectivity index (χ1v) is 8.61. The van der Waals surface area contributed by atoms with Crippen LogP contribution in [0.5, 0.6) is 11.5 Å². The summed E-state index contributed by atoms with van der Waals surface area (Å²) in [5, 5.41) is 22.1. The number of ether oxygens (including phenoxy) is 2. The van der Waals surface area contributed by atoms with E-state index in [1.165, 1.54) is 7.11 Å². The lowest BCUT2D eigenvalue weighted by molar-refractivity contribution is -0.386. The largest absolute Gasteiger partial charge is 0.490 e. The zero-order valence-corrected chi connectivity index (χ0v) is 15.2. The maximum Gasteiger partial charge on any atom is 0.317 e. The zero-order valence-electron chi connectivity index (χ0n) is 15.2. The molecule has 2 aromatic carbocycles. The van der Waals surface area contributed by atoms with Gasteiger partial charge in [0.2, 0.25) is 0 Å². The van der Waals surface area contributed by atoms with E-state index in [1.807, 2.05) is 30.3 Å². The van der Waals surface area contributed by atoms with Crippen LogP contribution in [0.15, 0.2) is 36.4 Å². The molecule has 0 radical (unpaired) electrons. The Labute approximate surface area is 152 Å². The molecule has 1 heterocycles. The number of rotatable bonds is 5. The molecule has 0 spiro atoms. The Hall–Kier alpha value is -2.60. The summed E-state index contributed by atoms with van der Waals surface area (Å²) in [6.45, 7) is 3.58. The first kappa shape index (κ1) is 18.2. The number of benzene rings is 2. The molecule has 0 fully saturated rings. The van der Waals surface area contributed by atoms with Crippen molar-refractivity contribution in [3.63, 3.8) is 0 Å². The Kier molecular flexibility index (Phi) is 4.87. The van der Waals surface area contributed by atoms with Gasteiger partial charge in [-0.05, 0) is 38.3 Å². The Balaban J connectivity index is 2.09. The molecule has 26 heavy (non-hydrogen) atoms. The first-order chi connectivity index (χ1) is 12.3. The summed E-state index contributed by atoms with van der Waals surface area (Å²) in [5.74, 6) is 0.705. The summed E-state index contributed by atoms with van der Waals surface area (Å²) in [4.78, 5) is 11.3. The van der Waals surface area contributed by atoms with E-state index in [2.05, 4.69) is 0 Å². The van der Waals surface area contributed by atoms with Crippen LogP contribution in [0.4, 0.5) is 5.69 Å². The van der Waals surface area contributed by atoms with Gasteiger partial charge in [0.1, 0.15) is 11.4 Å². The standard InChI is InChI=1S/C20H23NO5/c1-20(2)17(22)12-14-11-16(25-3)18(21(23)24)15(19(14)26-20)10-9-13-7-5-4-6-8-13/h4-8,11,17,22H,9-10,12H2,1-3H3/t17-/m1/s1. The van der Waals surface area contributed by atoms with E-state index in [0.717, 1.165) is 11.1 Å². The molecule has 2 aromatic rings. The second-order valence-electron chi connectivity index (χ2n) is 7.06. The Morgan fingerprint density at radius 1 is 1.31 bits per heavy atom. The Morgan fingerprint density at radius 3 is 2.62 bits per heavy atom. The molecule has 0 aromatic heterocycles. The molecule has 1 aliphatic rings. The van der Waals surface area contributed by atoms with Crippen LogP contribution >= 0.6 is 0 Å². The third kappa shape index (κ3) is 3.37. The predicted molar refractivity (Wildman–Crippen MR) is 97.9 cm³/mol. The van der Waals surface area contributed by atoms with E-state index < -0.39 is 16.6 Å². The number of hydrogen-bond acceptors (Lipinski definition) is 5. The number of aliphatic hydroxyl groups excluding tert-OH is 1. The van der Waals surface area contributed by atoms with Gasteiger partial charge in [-0.25, -0.2) is 0 Å². The van der Waals surface area contributed by atoms with Gasteiger partial charge in [0, 0.05) is 12.0 Å². The molecule has 1 aliphatic heterocycles. The number of aliphatic hydroxyl groups is 1. The van der Waals surface area contributed by atoms with E-state index >= 15 is 0 Å². The van der Waals surface area contributed by atoms with E-state index in [0.29, 0.717) is 30.6 Å². The van der Waals surface area contributed by atoms with Crippen LogP contribution in [0, 0.1) is 10.1 Å². The number of nitro benzene ring substituents is 1. The molecular weight excluding hydrogens is 334 g/mol. The van der Waals surface area contributed by atoms with Gasteiger partial charge in [0.25, 0.3) is 0 Å². The third-order valence-electron chi connectivity index (χ3n) is 4.88. The van der Waals surface area contributed by atoms with Crippen molar-refractivity contribution in [1.29, 1.82) is 0 Å². The molecule has 6 nitrogen and oxygen atoms in total. The van der Waals surface area contributed by atoms with Crippen LogP contribution in [-0.2, 0) is 19.3 Å². The maximum absolute atomic E-state index is 11.7. The van der Waals surface area contributed by atoms with Crippen molar-refractivity contribution in [2.24, 2.45) is 0 Å². The lowest BCUT2D eigenvalue weighted by atomic mass is 9.88. The molecule has 0 bridgehead atoms. The van der Waals surface area contributed by atoms with Crippen LogP contribution in [0.3, 0.4) is 0 Å². The molecule has 138 valence electrons. The second-order valence-corrected chi connectivity index (χ2v) is 7.06. The monoisotopic (exact) mass is 357 g/mol. The Morgan fingerprint density at radius 2 is 2.00 bits per heavy atom. The summed E-state index contributed by atoms with van der Waals surface area (Å²) in [7, 11) is 1.42. The van der Waals surface area contributed by atoms with Gasteiger partial charge in [-0.2, -0.15) is 0 Å². The quantitative estimate of drug-likeness (QED) is 0.654. The predicted octanol–water partition coefficient (Wildman–Crippen LogP) is 3.46. The summed E-state index contributed by atoms with van der Waals surface area (Å²) in [6.07, 6.45) is 0.775. The van der Waals surface area contributed by atoms with Crippen molar-refractivity contribution < 1.29 is 19.5 Å². The SMILES string of the molecule is COc1cc2c(c(CCc3ccccc3)c1[N+](=O)[O-])OC(C)(C)[C@H](O)C2. The highest BCUT2D eigenvalue weighted by atomic mass is 16.6. The minimum Gasteiger partial charge on any atom is -0.490 e. The molecule has 0 saturated carbocycles. The number of aryl methyl sites for hydroxylation is 1. The van der Waals surface area contributed by atoms with Gasteiger partial charge >= 0.3 is 5.69 Å². The summed E-state index contributed by atoms with van der Waals surface area (Å²) in [5.41, 5.74) is 1.48. The molecule has 1 N–H and O–H groups in total. The summed E-state index contributed by atoms with van der Waals surface area (Å²) in [6, 6.07) is 11.4. The van der Waals surface area contributed by atoms with Crippen LogP contribution in [-0.4, -0.2) is 28.8 Å².